The molecular formula is C17H24. The molecule has 0 bridgehead atoms. The molecule has 0 radical (unpaired) electrons. The van der Waals surface area contributed by atoms with Crippen molar-refractivity contribution < 1.29 is 0 Å². The maximum absolute atomic E-state index is 2.44. The Morgan fingerprint density at radius 3 is 2.06 bits per heavy atom. The number of rotatable bonds is 2. The minimum absolute atomic E-state index is 0.615. The average molecular weight is 228 g/mol. The molecule has 0 heteroatoms. The van der Waals surface area contributed by atoms with Gasteiger partial charge in [-0.25, -0.2) is 0 Å². The van der Waals surface area contributed by atoms with Crippen LogP contribution in [0.25, 0.3) is 6.08 Å². The highest BCUT2D eigenvalue weighted by Gasteiger charge is 2.20. The SMILES string of the molecule is CC1=Cc2c(C(C)C)cc(C(C)C)c(C)c2C1. The van der Waals surface area contributed by atoms with E-state index in [0.29, 0.717) is 11.8 Å². The van der Waals surface area contributed by atoms with Gasteiger partial charge in [-0.1, -0.05) is 45.4 Å². The molecule has 0 aromatic heterocycles. The van der Waals surface area contributed by atoms with E-state index in [1.54, 1.807) is 5.56 Å². The third kappa shape index (κ3) is 2.06. The van der Waals surface area contributed by atoms with Gasteiger partial charge in [-0.05, 0) is 59.9 Å². The standard InChI is InChI=1S/C17H24/c1-10(2)14-9-15(11(3)4)17-8-12(5)7-16(17)13(14)6/h8-11H,7H2,1-6H3. The summed E-state index contributed by atoms with van der Waals surface area (Å²) in [5.41, 5.74) is 9.19. The topological polar surface area (TPSA) is 0 Å². The van der Waals surface area contributed by atoms with Crippen molar-refractivity contribution in [2.75, 3.05) is 0 Å². The molecule has 0 unspecified atom stereocenters. The summed E-state index contributed by atoms with van der Waals surface area (Å²) in [6.07, 6.45) is 3.54. The Labute approximate surface area is 106 Å². The summed E-state index contributed by atoms with van der Waals surface area (Å²) in [5.74, 6) is 1.24. The number of hydrogen-bond donors (Lipinski definition) is 0. The largest absolute Gasteiger partial charge is 0.0683 e. The van der Waals surface area contributed by atoms with E-state index in [1.807, 2.05) is 0 Å². The normalized spacial score (nSPS) is 14.5. The van der Waals surface area contributed by atoms with Gasteiger partial charge in [0, 0.05) is 0 Å². The highest BCUT2D eigenvalue weighted by atomic mass is 14.3. The molecule has 0 nitrogen and oxygen atoms in total. The lowest BCUT2D eigenvalue weighted by molar-refractivity contribution is 0.820. The first-order valence-corrected chi connectivity index (χ1v) is 6.75. The van der Waals surface area contributed by atoms with Gasteiger partial charge >= 0.3 is 0 Å². The van der Waals surface area contributed by atoms with Crippen LogP contribution in [0, 0.1) is 6.92 Å². The molecule has 92 valence electrons. The van der Waals surface area contributed by atoms with Gasteiger partial charge in [0.05, 0.1) is 0 Å². The molecule has 0 aliphatic heterocycles. The van der Waals surface area contributed by atoms with E-state index < -0.39 is 0 Å². The third-order valence-electron chi connectivity index (χ3n) is 3.92. The van der Waals surface area contributed by atoms with E-state index >= 15 is 0 Å². The Kier molecular flexibility index (Phi) is 3.16. The van der Waals surface area contributed by atoms with Gasteiger partial charge in [-0.15, -0.1) is 0 Å². The zero-order valence-electron chi connectivity index (χ0n) is 12.0. The molecular weight excluding hydrogens is 204 g/mol. The second-order valence-corrected chi connectivity index (χ2v) is 6.05. The minimum atomic E-state index is 0.615. The van der Waals surface area contributed by atoms with Gasteiger partial charge in [0.1, 0.15) is 0 Å². The van der Waals surface area contributed by atoms with E-state index in [2.05, 4.69) is 53.7 Å². The summed E-state index contributed by atoms with van der Waals surface area (Å²) in [5, 5.41) is 0. The van der Waals surface area contributed by atoms with Crippen LogP contribution in [-0.2, 0) is 6.42 Å². The van der Waals surface area contributed by atoms with Gasteiger partial charge in [0.2, 0.25) is 0 Å². The number of hydrogen-bond acceptors (Lipinski definition) is 0. The van der Waals surface area contributed by atoms with Crippen LogP contribution >= 0.6 is 0 Å². The average Bonchev–Trinajstić information content (AvgIpc) is 2.59. The lowest BCUT2D eigenvalue weighted by Crippen LogP contribution is -2.03. The van der Waals surface area contributed by atoms with Crippen molar-refractivity contribution in [3.63, 3.8) is 0 Å². The molecule has 0 heterocycles. The van der Waals surface area contributed by atoms with Crippen molar-refractivity contribution in [2.24, 2.45) is 0 Å². The fourth-order valence-electron chi connectivity index (χ4n) is 2.96. The predicted molar refractivity (Wildman–Crippen MR) is 76.7 cm³/mol. The minimum Gasteiger partial charge on any atom is -0.0683 e. The van der Waals surface area contributed by atoms with Crippen LogP contribution in [-0.4, -0.2) is 0 Å². The molecule has 1 aromatic carbocycles. The van der Waals surface area contributed by atoms with E-state index in [-0.39, 0.29) is 0 Å². The van der Waals surface area contributed by atoms with Crippen LogP contribution < -0.4 is 0 Å². The fraction of sp³-hybridized carbons (Fsp3) is 0.529. The molecule has 1 aliphatic rings. The van der Waals surface area contributed by atoms with Gasteiger partial charge in [-0.3, -0.25) is 0 Å². The summed E-state index contributed by atoms with van der Waals surface area (Å²) in [7, 11) is 0. The summed E-state index contributed by atoms with van der Waals surface area (Å²) < 4.78 is 0. The smallest absolute Gasteiger partial charge is 0.00578 e. The Morgan fingerprint density at radius 1 is 0.941 bits per heavy atom. The first-order chi connectivity index (χ1) is 7.91. The second-order valence-electron chi connectivity index (χ2n) is 6.05. The van der Waals surface area contributed by atoms with Crippen LogP contribution in [0.15, 0.2) is 11.6 Å². The van der Waals surface area contributed by atoms with Gasteiger partial charge in [0.15, 0.2) is 0 Å². The highest BCUT2D eigenvalue weighted by Crippen LogP contribution is 2.37. The lowest BCUT2D eigenvalue weighted by Gasteiger charge is -2.20. The lowest BCUT2D eigenvalue weighted by atomic mass is 9.85. The molecule has 0 atom stereocenters. The first kappa shape index (κ1) is 12.4. The van der Waals surface area contributed by atoms with Crippen LogP contribution in [0.1, 0.15) is 74.3 Å². The molecule has 2 rings (SSSR count). The van der Waals surface area contributed by atoms with Crippen molar-refractivity contribution in [3.05, 3.63) is 39.5 Å². The summed E-state index contributed by atoms with van der Waals surface area (Å²) in [4.78, 5) is 0. The van der Waals surface area contributed by atoms with E-state index in [4.69, 9.17) is 0 Å². The fourth-order valence-corrected chi connectivity index (χ4v) is 2.96. The van der Waals surface area contributed by atoms with Crippen LogP contribution in [0.4, 0.5) is 0 Å². The Hall–Kier alpha value is -1.04. The molecule has 0 saturated heterocycles. The monoisotopic (exact) mass is 228 g/mol. The molecule has 0 amide bonds. The Morgan fingerprint density at radius 2 is 1.53 bits per heavy atom. The maximum atomic E-state index is 2.44. The summed E-state index contributed by atoms with van der Waals surface area (Å²) in [6, 6.07) is 2.44. The molecule has 0 fully saturated rings. The predicted octanol–water partition coefficient (Wildman–Crippen LogP) is 5.20. The molecule has 0 N–H and O–H groups in total. The third-order valence-corrected chi connectivity index (χ3v) is 3.92. The number of fused-ring (bicyclic) bond motifs is 1. The van der Waals surface area contributed by atoms with Gasteiger partial charge in [0.25, 0.3) is 0 Å². The molecule has 1 aromatic rings. The van der Waals surface area contributed by atoms with Crippen molar-refractivity contribution in [1.29, 1.82) is 0 Å². The summed E-state index contributed by atoms with van der Waals surface area (Å²) >= 11 is 0. The van der Waals surface area contributed by atoms with Gasteiger partial charge < -0.3 is 0 Å². The Balaban J connectivity index is 2.68. The molecule has 17 heavy (non-hydrogen) atoms. The van der Waals surface area contributed by atoms with Crippen LogP contribution in [0.5, 0.6) is 0 Å². The Bertz CT molecular complexity index is 473. The van der Waals surface area contributed by atoms with Crippen molar-refractivity contribution in [2.45, 2.75) is 59.8 Å². The van der Waals surface area contributed by atoms with Crippen molar-refractivity contribution in [1.82, 2.24) is 0 Å². The molecule has 0 spiro atoms. The van der Waals surface area contributed by atoms with Crippen molar-refractivity contribution >= 4 is 6.08 Å². The second kappa shape index (κ2) is 4.33. The zero-order chi connectivity index (χ0) is 12.7. The van der Waals surface area contributed by atoms with Crippen molar-refractivity contribution in [3.8, 4) is 0 Å². The first-order valence-electron chi connectivity index (χ1n) is 6.75. The highest BCUT2D eigenvalue weighted by molar-refractivity contribution is 5.70. The molecule has 0 saturated carbocycles. The van der Waals surface area contributed by atoms with E-state index in [0.717, 1.165) is 6.42 Å². The van der Waals surface area contributed by atoms with E-state index in [1.165, 1.54) is 27.8 Å². The zero-order valence-corrected chi connectivity index (χ0v) is 12.0. The van der Waals surface area contributed by atoms with Gasteiger partial charge in [-0.2, -0.15) is 0 Å². The number of benzene rings is 1. The quantitative estimate of drug-likeness (QED) is 0.652. The van der Waals surface area contributed by atoms with Crippen LogP contribution in [0.3, 0.4) is 0 Å². The maximum Gasteiger partial charge on any atom is -0.00578 e. The van der Waals surface area contributed by atoms with E-state index in [9.17, 15) is 0 Å². The van der Waals surface area contributed by atoms with Crippen LogP contribution in [0.2, 0.25) is 0 Å². The molecule has 1 aliphatic carbocycles. The number of allylic oxidation sites excluding steroid dienone is 1. The summed E-state index contributed by atoms with van der Waals surface area (Å²) in [6.45, 7) is 13.7.